The van der Waals surface area contributed by atoms with Crippen LogP contribution in [0.5, 0.6) is 0 Å². The van der Waals surface area contributed by atoms with Gasteiger partial charge < -0.3 is 11.1 Å². The van der Waals surface area contributed by atoms with E-state index in [0.717, 1.165) is 6.42 Å². The van der Waals surface area contributed by atoms with E-state index in [9.17, 15) is 4.79 Å². The molecular weight excluding hydrogens is 220 g/mol. The number of H-pyrrole nitrogens is 1. The Balaban J connectivity index is 2.25. The van der Waals surface area contributed by atoms with Crippen molar-refractivity contribution in [3.8, 4) is 0 Å². The van der Waals surface area contributed by atoms with Gasteiger partial charge in [0.05, 0.1) is 6.54 Å². The van der Waals surface area contributed by atoms with Crippen LogP contribution in [0.3, 0.4) is 0 Å². The van der Waals surface area contributed by atoms with E-state index in [0.29, 0.717) is 12.2 Å². The Morgan fingerprint density at radius 1 is 1.53 bits per heavy atom. The maximum absolute atomic E-state index is 11.6. The number of aromatic nitrogens is 4. The molecule has 1 aromatic rings. The minimum absolute atomic E-state index is 0.0912. The molecule has 1 atom stereocenters. The van der Waals surface area contributed by atoms with Crippen LogP contribution in [0.15, 0.2) is 0 Å². The van der Waals surface area contributed by atoms with Crippen LogP contribution in [-0.2, 0) is 11.3 Å². The largest absolute Gasteiger partial charge is 0.349 e. The fourth-order valence-electron chi connectivity index (χ4n) is 1.60. The molecule has 4 N–H and O–H groups in total. The van der Waals surface area contributed by atoms with Crippen molar-refractivity contribution >= 4 is 5.91 Å². The molecule has 7 nitrogen and oxygen atoms in total. The molecule has 96 valence electrons. The average Bonchev–Trinajstić information content (AvgIpc) is 2.63. The molecule has 17 heavy (non-hydrogen) atoms. The summed E-state index contributed by atoms with van der Waals surface area (Å²) < 4.78 is 0. The first-order chi connectivity index (χ1) is 7.87. The SMILES string of the molecule is CC(C)(C)CC(N)CC(=O)NCc1nn[nH]n1. The molecule has 1 unspecified atom stereocenters. The number of nitrogens with zero attached hydrogens (tertiary/aromatic N) is 3. The quantitative estimate of drug-likeness (QED) is 0.669. The van der Waals surface area contributed by atoms with Crippen LogP contribution in [0.4, 0.5) is 0 Å². The number of nitrogens with one attached hydrogen (secondary N) is 2. The molecule has 0 fully saturated rings. The highest BCUT2D eigenvalue weighted by atomic mass is 16.1. The fraction of sp³-hybridized carbons (Fsp3) is 0.800. The summed E-state index contributed by atoms with van der Waals surface area (Å²) in [6.07, 6.45) is 1.12. The van der Waals surface area contributed by atoms with Gasteiger partial charge in [0, 0.05) is 12.5 Å². The zero-order valence-corrected chi connectivity index (χ0v) is 10.5. The molecule has 1 aromatic heterocycles. The van der Waals surface area contributed by atoms with E-state index in [1.807, 2.05) is 0 Å². The Labute approximate surface area is 101 Å². The van der Waals surface area contributed by atoms with Crippen molar-refractivity contribution in [1.82, 2.24) is 25.9 Å². The Hall–Kier alpha value is -1.50. The van der Waals surface area contributed by atoms with E-state index < -0.39 is 0 Å². The Bertz CT molecular complexity index is 342. The van der Waals surface area contributed by atoms with Gasteiger partial charge in [-0.3, -0.25) is 4.79 Å². The Morgan fingerprint density at radius 3 is 2.76 bits per heavy atom. The Kier molecular flexibility index (Phi) is 4.56. The van der Waals surface area contributed by atoms with Gasteiger partial charge >= 0.3 is 0 Å². The number of amides is 1. The second-order valence-electron chi connectivity index (χ2n) is 5.33. The van der Waals surface area contributed by atoms with E-state index in [4.69, 9.17) is 5.73 Å². The number of carbonyl (C=O) groups excluding carboxylic acids is 1. The third kappa shape index (κ3) is 5.96. The normalized spacial score (nSPS) is 13.4. The molecule has 1 amide bonds. The maximum atomic E-state index is 11.6. The number of aromatic amines is 1. The molecule has 1 heterocycles. The van der Waals surface area contributed by atoms with Crippen LogP contribution < -0.4 is 11.1 Å². The molecule has 0 spiro atoms. The van der Waals surface area contributed by atoms with Crippen molar-refractivity contribution in [2.75, 3.05) is 0 Å². The second kappa shape index (κ2) is 5.72. The topological polar surface area (TPSA) is 110 Å². The predicted molar refractivity (Wildman–Crippen MR) is 62.7 cm³/mol. The van der Waals surface area contributed by atoms with Gasteiger partial charge in [-0.2, -0.15) is 5.21 Å². The van der Waals surface area contributed by atoms with Crippen molar-refractivity contribution in [2.45, 2.75) is 46.2 Å². The third-order valence-electron chi connectivity index (χ3n) is 2.16. The van der Waals surface area contributed by atoms with Crippen molar-refractivity contribution < 1.29 is 4.79 Å². The van der Waals surface area contributed by atoms with E-state index in [-0.39, 0.29) is 23.9 Å². The van der Waals surface area contributed by atoms with E-state index in [1.165, 1.54) is 0 Å². The number of nitrogens with two attached hydrogens (primary N) is 1. The first kappa shape index (κ1) is 13.6. The summed E-state index contributed by atoms with van der Waals surface area (Å²) in [5, 5.41) is 15.9. The van der Waals surface area contributed by atoms with Crippen LogP contribution in [0.25, 0.3) is 0 Å². The summed E-state index contributed by atoms with van der Waals surface area (Å²) in [5.74, 6) is 0.370. The monoisotopic (exact) mass is 240 g/mol. The first-order valence-corrected chi connectivity index (χ1v) is 5.61. The summed E-state index contributed by atoms with van der Waals surface area (Å²) in [6.45, 7) is 6.58. The lowest BCUT2D eigenvalue weighted by molar-refractivity contribution is -0.121. The molecule has 1 rings (SSSR count). The average molecular weight is 240 g/mol. The smallest absolute Gasteiger partial charge is 0.221 e. The fourth-order valence-corrected chi connectivity index (χ4v) is 1.60. The highest BCUT2D eigenvalue weighted by Crippen LogP contribution is 2.20. The van der Waals surface area contributed by atoms with Crippen molar-refractivity contribution in [3.63, 3.8) is 0 Å². The summed E-state index contributed by atoms with van der Waals surface area (Å²) >= 11 is 0. The van der Waals surface area contributed by atoms with Gasteiger partial charge in [-0.05, 0) is 11.8 Å². The van der Waals surface area contributed by atoms with Crippen LogP contribution in [0.2, 0.25) is 0 Å². The number of carbonyl (C=O) groups is 1. The molecule has 0 saturated carbocycles. The molecule has 0 bridgehead atoms. The van der Waals surface area contributed by atoms with Crippen molar-refractivity contribution in [3.05, 3.63) is 5.82 Å². The molecule has 0 radical (unpaired) electrons. The van der Waals surface area contributed by atoms with Gasteiger partial charge in [-0.15, -0.1) is 10.2 Å². The van der Waals surface area contributed by atoms with Crippen LogP contribution in [0, 0.1) is 5.41 Å². The number of rotatable bonds is 5. The molecule has 7 heteroatoms. The first-order valence-electron chi connectivity index (χ1n) is 5.61. The van der Waals surface area contributed by atoms with Crippen molar-refractivity contribution in [2.24, 2.45) is 11.1 Å². The summed E-state index contributed by atoms with van der Waals surface area (Å²) in [5.41, 5.74) is 6.03. The minimum atomic E-state index is -0.125. The van der Waals surface area contributed by atoms with Gasteiger partial charge in [0.2, 0.25) is 5.91 Å². The lowest BCUT2D eigenvalue weighted by atomic mass is 9.87. The number of hydrogen-bond acceptors (Lipinski definition) is 5. The van der Waals surface area contributed by atoms with Crippen LogP contribution in [0.1, 0.15) is 39.4 Å². The van der Waals surface area contributed by atoms with E-state index >= 15 is 0 Å². The van der Waals surface area contributed by atoms with Crippen LogP contribution >= 0.6 is 0 Å². The molecule has 0 aliphatic heterocycles. The number of tetrazole rings is 1. The highest BCUT2D eigenvalue weighted by Gasteiger charge is 2.18. The van der Waals surface area contributed by atoms with Gasteiger partial charge in [0.25, 0.3) is 0 Å². The lowest BCUT2D eigenvalue weighted by Crippen LogP contribution is -2.34. The van der Waals surface area contributed by atoms with Gasteiger partial charge in [0.15, 0.2) is 5.82 Å². The molecule has 0 saturated heterocycles. The molecule has 0 aliphatic rings. The predicted octanol–water partition coefficient (Wildman–Crippen LogP) is -0.0305. The highest BCUT2D eigenvalue weighted by molar-refractivity contribution is 5.76. The lowest BCUT2D eigenvalue weighted by Gasteiger charge is -2.22. The zero-order valence-electron chi connectivity index (χ0n) is 10.5. The Morgan fingerprint density at radius 2 is 2.24 bits per heavy atom. The van der Waals surface area contributed by atoms with Crippen LogP contribution in [-0.4, -0.2) is 32.6 Å². The third-order valence-corrected chi connectivity index (χ3v) is 2.16. The summed E-state index contributed by atoms with van der Waals surface area (Å²) in [6, 6.07) is -0.125. The minimum Gasteiger partial charge on any atom is -0.349 e. The summed E-state index contributed by atoms with van der Waals surface area (Å²) in [7, 11) is 0. The van der Waals surface area contributed by atoms with Gasteiger partial charge in [-0.1, -0.05) is 26.0 Å². The second-order valence-corrected chi connectivity index (χ2v) is 5.33. The molecule has 0 aliphatic carbocycles. The van der Waals surface area contributed by atoms with Crippen molar-refractivity contribution in [1.29, 1.82) is 0 Å². The van der Waals surface area contributed by atoms with E-state index in [1.54, 1.807) is 0 Å². The van der Waals surface area contributed by atoms with Gasteiger partial charge in [-0.25, -0.2) is 0 Å². The molecule has 0 aromatic carbocycles. The number of hydrogen-bond donors (Lipinski definition) is 3. The van der Waals surface area contributed by atoms with E-state index in [2.05, 4.69) is 46.7 Å². The standard InChI is InChI=1S/C10H20N6O/c1-10(2,3)5-7(11)4-9(17)12-6-8-13-15-16-14-8/h7H,4-6,11H2,1-3H3,(H,12,17)(H,13,14,15,16). The molecular formula is C10H20N6O. The zero-order chi connectivity index (χ0) is 12.9. The maximum Gasteiger partial charge on any atom is 0.221 e. The van der Waals surface area contributed by atoms with Gasteiger partial charge in [0.1, 0.15) is 0 Å². The summed E-state index contributed by atoms with van der Waals surface area (Å²) in [4.78, 5) is 11.6.